The first kappa shape index (κ1) is 32.1. The molecule has 0 unspecified atom stereocenters. The van der Waals surface area contributed by atoms with Crippen LogP contribution in [0.3, 0.4) is 0 Å². The Balaban J connectivity index is 0.00000123. The number of hydrogen-bond donors (Lipinski definition) is 2. The van der Waals surface area contributed by atoms with Crippen LogP contribution in [-0.2, 0) is 22.5 Å². The minimum atomic E-state index is 0.144. The van der Waals surface area contributed by atoms with E-state index < -0.39 is 0 Å². The van der Waals surface area contributed by atoms with Crippen LogP contribution in [0.1, 0.15) is 47.0 Å². The van der Waals surface area contributed by atoms with Crippen molar-refractivity contribution in [1.29, 1.82) is 0 Å². The van der Waals surface area contributed by atoms with E-state index in [0.717, 1.165) is 113 Å². The van der Waals surface area contributed by atoms with Crippen LogP contribution in [-0.4, -0.2) is 111 Å². The van der Waals surface area contributed by atoms with Gasteiger partial charge in [-0.1, -0.05) is 6.07 Å². The summed E-state index contributed by atoms with van der Waals surface area (Å²) >= 11 is 0. The Labute approximate surface area is 262 Å². The van der Waals surface area contributed by atoms with E-state index in [4.69, 9.17) is 10.1 Å². The minimum absolute atomic E-state index is 0.144. The van der Waals surface area contributed by atoms with E-state index in [1.807, 2.05) is 11.6 Å². The molecule has 0 saturated carbocycles. The van der Waals surface area contributed by atoms with Crippen molar-refractivity contribution in [1.82, 2.24) is 29.9 Å². The van der Waals surface area contributed by atoms with Crippen molar-refractivity contribution in [3.63, 3.8) is 0 Å². The smallest absolute Gasteiger partial charge is 0.129 e. The molecule has 2 saturated heterocycles. The van der Waals surface area contributed by atoms with Crippen LogP contribution in [0.15, 0.2) is 36.4 Å². The van der Waals surface area contributed by atoms with Gasteiger partial charge in [-0.25, -0.2) is 9.67 Å². The largest absolute Gasteiger partial charge is 0.388 e. The highest BCUT2D eigenvalue weighted by atomic mass is 16.4. The van der Waals surface area contributed by atoms with Gasteiger partial charge in [0, 0.05) is 110 Å². The van der Waals surface area contributed by atoms with Crippen molar-refractivity contribution in [2.75, 3.05) is 89.9 Å². The summed E-state index contributed by atoms with van der Waals surface area (Å²) < 4.78 is 6.30. The fourth-order valence-electron chi connectivity index (χ4n) is 6.53. The van der Waals surface area contributed by atoms with Crippen molar-refractivity contribution >= 4 is 17.8 Å². The number of carbonyl (C=O) groups is 1. The number of nitrogens with zero attached hydrogens (tertiary/aromatic N) is 6. The van der Waals surface area contributed by atoms with Gasteiger partial charge in [0.25, 0.3) is 0 Å². The zero-order valence-corrected chi connectivity index (χ0v) is 27.0. The number of hydrogen-bond acceptors (Lipinski definition) is 9. The molecule has 1 aromatic carbocycles. The van der Waals surface area contributed by atoms with Crippen molar-refractivity contribution in [3.8, 4) is 5.69 Å². The number of rotatable bonds is 9. The lowest BCUT2D eigenvalue weighted by Gasteiger charge is -2.36. The molecule has 0 radical (unpaired) electrons. The van der Waals surface area contributed by atoms with E-state index >= 15 is 0 Å². The Morgan fingerprint density at radius 3 is 2.36 bits per heavy atom. The van der Waals surface area contributed by atoms with Crippen molar-refractivity contribution in [3.05, 3.63) is 64.6 Å². The number of aromatic nitrogens is 3. The second kappa shape index (κ2) is 15.6. The summed E-state index contributed by atoms with van der Waals surface area (Å²) in [7, 11) is 3.25. The molecule has 5 heterocycles. The maximum Gasteiger partial charge on any atom is 0.129 e. The van der Waals surface area contributed by atoms with E-state index in [0.29, 0.717) is 6.42 Å². The van der Waals surface area contributed by atoms with Crippen LogP contribution in [0, 0.1) is 13.8 Å². The number of benzene rings is 1. The minimum Gasteiger partial charge on any atom is -0.388 e. The maximum atomic E-state index is 11.9. The van der Waals surface area contributed by atoms with Gasteiger partial charge in [0.15, 0.2) is 0 Å². The topological polar surface area (TPSA) is 90.8 Å². The molecule has 6 rings (SSSR count). The number of methoxy groups -OCH3 is 1. The second-order valence-electron chi connectivity index (χ2n) is 12.3. The fourth-order valence-corrected chi connectivity index (χ4v) is 6.53. The number of carbonyl (C=O) groups excluding carboxylic acids is 1. The van der Waals surface area contributed by atoms with E-state index in [1.54, 1.807) is 14.2 Å². The lowest BCUT2D eigenvalue weighted by molar-refractivity contribution is -0.108. The average Bonchev–Trinajstić information content (AvgIpc) is 3.39. The SMILES string of the molecule is COC.Cc1cc(C)n(-c2cc([C@H](CC=O)CN3CCN(Cc4ccc5c(n4)NCCC5)CC3)cc(N3CCNCC3)c2)n1. The molecule has 2 fully saturated rings. The quantitative estimate of drug-likeness (QED) is 0.358. The lowest BCUT2D eigenvalue weighted by Crippen LogP contribution is -2.47. The zero-order valence-electron chi connectivity index (χ0n) is 27.0. The molecule has 1 atom stereocenters. The van der Waals surface area contributed by atoms with E-state index in [-0.39, 0.29) is 5.92 Å². The maximum absolute atomic E-state index is 11.9. The predicted molar refractivity (Wildman–Crippen MR) is 177 cm³/mol. The number of nitrogens with one attached hydrogen (secondary N) is 2. The third-order valence-electron chi connectivity index (χ3n) is 8.79. The first-order chi connectivity index (χ1) is 21.5. The van der Waals surface area contributed by atoms with E-state index in [1.165, 1.54) is 23.2 Å². The van der Waals surface area contributed by atoms with Crippen molar-refractivity contribution in [2.24, 2.45) is 0 Å². The third-order valence-corrected chi connectivity index (χ3v) is 8.79. The Hall–Kier alpha value is -3.31. The van der Waals surface area contributed by atoms with Gasteiger partial charge >= 0.3 is 0 Å². The number of fused-ring (bicyclic) bond motifs is 1. The second-order valence-corrected chi connectivity index (χ2v) is 12.3. The van der Waals surface area contributed by atoms with Crippen molar-refractivity contribution in [2.45, 2.75) is 45.6 Å². The molecule has 3 aliphatic rings. The average molecular weight is 603 g/mol. The molecule has 44 heavy (non-hydrogen) atoms. The van der Waals surface area contributed by atoms with Gasteiger partial charge in [0.05, 0.1) is 17.1 Å². The van der Waals surface area contributed by atoms with E-state index in [2.05, 4.69) is 73.4 Å². The highest BCUT2D eigenvalue weighted by Crippen LogP contribution is 2.30. The molecule has 0 bridgehead atoms. The van der Waals surface area contributed by atoms with Crippen LogP contribution < -0.4 is 15.5 Å². The molecule has 0 spiro atoms. The van der Waals surface area contributed by atoms with Gasteiger partial charge in [-0.05, 0) is 68.1 Å². The van der Waals surface area contributed by atoms with Gasteiger partial charge in [-0.3, -0.25) is 4.90 Å². The summed E-state index contributed by atoms with van der Waals surface area (Å²) in [4.78, 5) is 24.3. The Kier molecular flexibility index (Phi) is 11.4. The Morgan fingerprint density at radius 2 is 1.66 bits per heavy atom. The molecule has 238 valence electrons. The van der Waals surface area contributed by atoms with E-state index in [9.17, 15) is 4.79 Å². The zero-order chi connectivity index (χ0) is 30.9. The molecule has 2 aromatic heterocycles. The number of anilines is 2. The standard InChI is InChI=1S/C32H44N8O.C2H6O/c1-24-18-25(2)40(36-24)31-20-28(19-30(21-31)39-11-9-33-10-12-39)27(7-17-41)22-37-13-15-38(16-14-37)23-29-6-5-26-4-3-8-34-32(26)35-29;1-3-2/h5-6,17-21,27,33H,3-4,7-16,22-23H2,1-2H3,(H,34,35);1-2H3/t27-;/m1./s1. The molecule has 10 nitrogen and oxygen atoms in total. The highest BCUT2D eigenvalue weighted by Gasteiger charge is 2.24. The van der Waals surface area contributed by atoms with Gasteiger partial charge < -0.3 is 30.0 Å². The van der Waals surface area contributed by atoms with Gasteiger partial charge in [0.1, 0.15) is 12.1 Å². The first-order valence-corrected chi connectivity index (χ1v) is 16.1. The van der Waals surface area contributed by atoms with Crippen LogP contribution in [0.25, 0.3) is 5.69 Å². The monoisotopic (exact) mass is 602 g/mol. The molecule has 3 aromatic rings. The van der Waals surface area contributed by atoms with Crippen molar-refractivity contribution < 1.29 is 9.53 Å². The summed E-state index contributed by atoms with van der Waals surface area (Å²) in [5, 5.41) is 11.7. The Bertz CT molecular complexity index is 1360. The number of piperazine rings is 2. The van der Waals surface area contributed by atoms with Gasteiger partial charge in [-0.15, -0.1) is 0 Å². The van der Waals surface area contributed by atoms with Crippen LogP contribution >= 0.6 is 0 Å². The van der Waals surface area contributed by atoms with Crippen LogP contribution in [0.2, 0.25) is 0 Å². The van der Waals surface area contributed by atoms with Gasteiger partial charge in [0.2, 0.25) is 0 Å². The normalized spacial score (nSPS) is 18.1. The highest BCUT2D eigenvalue weighted by molar-refractivity contribution is 5.59. The van der Waals surface area contributed by atoms with Crippen LogP contribution in [0.5, 0.6) is 0 Å². The number of aryl methyl sites for hydroxylation is 3. The predicted octanol–water partition coefficient (Wildman–Crippen LogP) is 3.40. The third kappa shape index (κ3) is 8.24. The molecule has 2 N–H and O–H groups in total. The first-order valence-electron chi connectivity index (χ1n) is 16.1. The molecule has 0 amide bonds. The summed E-state index contributed by atoms with van der Waals surface area (Å²) in [5.41, 5.74) is 8.15. The molecular formula is C34H50N8O2. The Morgan fingerprint density at radius 1 is 0.932 bits per heavy atom. The molecule has 10 heteroatoms. The molecule has 0 aliphatic carbocycles. The van der Waals surface area contributed by atoms with Gasteiger partial charge in [-0.2, -0.15) is 5.10 Å². The number of ether oxygens (including phenoxy) is 1. The summed E-state index contributed by atoms with van der Waals surface area (Å²) in [6.45, 7) is 14.9. The molecular weight excluding hydrogens is 552 g/mol. The number of pyridine rings is 1. The molecule has 3 aliphatic heterocycles. The lowest BCUT2D eigenvalue weighted by atomic mass is 9.94. The summed E-state index contributed by atoms with van der Waals surface area (Å²) in [6.07, 6.45) is 3.92. The summed E-state index contributed by atoms with van der Waals surface area (Å²) in [5.74, 6) is 1.22. The summed E-state index contributed by atoms with van der Waals surface area (Å²) in [6, 6.07) is 13.4. The fraction of sp³-hybridized carbons (Fsp3) is 0.559. The van der Waals surface area contributed by atoms with Crippen LogP contribution in [0.4, 0.5) is 11.5 Å². The number of aldehydes is 1.